The second-order valence-electron chi connectivity index (χ2n) is 3.67. The van der Waals surface area contributed by atoms with Crippen LogP contribution in [0.3, 0.4) is 0 Å². The first kappa shape index (κ1) is 11.1. The SMILES string of the molecule is O=S(O)CN1CCc2ccc(Cl)cc2C1. The molecule has 0 saturated carbocycles. The van der Waals surface area contributed by atoms with E-state index in [1.807, 2.05) is 23.1 Å². The van der Waals surface area contributed by atoms with Crippen LogP contribution in [0.5, 0.6) is 0 Å². The third-order valence-electron chi connectivity index (χ3n) is 2.55. The molecule has 82 valence electrons. The van der Waals surface area contributed by atoms with Crippen LogP contribution in [0.25, 0.3) is 0 Å². The van der Waals surface area contributed by atoms with E-state index in [4.69, 9.17) is 16.2 Å². The van der Waals surface area contributed by atoms with E-state index in [0.29, 0.717) is 6.54 Å². The van der Waals surface area contributed by atoms with Crippen molar-refractivity contribution in [2.75, 3.05) is 12.4 Å². The lowest BCUT2D eigenvalue weighted by molar-refractivity contribution is 0.291. The van der Waals surface area contributed by atoms with Crippen LogP contribution in [0, 0.1) is 0 Å². The minimum absolute atomic E-state index is 0.214. The molecule has 1 unspecified atom stereocenters. The van der Waals surface area contributed by atoms with E-state index in [9.17, 15) is 4.21 Å². The highest BCUT2D eigenvalue weighted by molar-refractivity contribution is 7.79. The fraction of sp³-hybridized carbons (Fsp3) is 0.400. The van der Waals surface area contributed by atoms with Gasteiger partial charge in [0, 0.05) is 18.1 Å². The normalized spacial score (nSPS) is 18.5. The van der Waals surface area contributed by atoms with Crippen molar-refractivity contribution in [3.63, 3.8) is 0 Å². The van der Waals surface area contributed by atoms with Gasteiger partial charge in [0.1, 0.15) is 5.88 Å². The van der Waals surface area contributed by atoms with Gasteiger partial charge in [-0.25, -0.2) is 4.21 Å². The first-order valence-corrected chi connectivity index (χ1v) is 6.37. The maximum absolute atomic E-state index is 10.7. The molecule has 1 aromatic rings. The van der Waals surface area contributed by atoms with Crippen molar-refractivity contribution in [3.8, 4) is 0 Å². The van der Waals surface area contributed by atoms with Crippen LogP contribution in [-0.4, -0.2) is 26.1 Å². The van der Waals surface area contributed by atoms with Crippen LogP contribution in [0.15, 0.2) is 18.2 Å². The maximum Gasteiger partial charge on any atom is 0.167 e. The number of benzene rings is 1. The first-order valence-electron chi connectivity index (χ1n) is 4.72. The molecule has 1 aromatic carbocycles. The number of nitrogens with zero attached hydrogens (tertiary/aromatic N) is 1. The fourth-order valence-corrected chi connectivity index (χ4v) is 2.58. The zero-order chi connectivity index (χ0) is 10.8. The van der Waals surface area contributed by atoms with Crippen LogP contribution in [0.4, 0.5) is 0 Å². The lowest BCUT2D eigenvalue weighted by Crippen LogP contribution is -2.32. The van der Waals surface area contributed by atoms with Gasteiger partial charge < -0.3 is 4.55 Å². The summed E-state index contributed by atoms with van der Waals surface area (Å²) in [6, 6.07) is 5.86. The second kappa shape index (κ2) is 4.61. The highest BCUT2D eigenvalue weighted by Crippen LogP contribution is 2.22. The Balaban J connectivity index is 2.14. The summed E-state index contributed by atoms with van der Waals surface area (Å²) in [6.45, 7) is 1.54. The molecule has 0 fully saturated rings. The average Bonchev–Trinajstić information content (AvgIpc) is 2.16. The minimum Gasteiger partial charge on any atom is -0.305 e. The first-order chi connectivity index (χ1) is 7.15. The summed E-state index contributed by atoms with van der Waals surface area (Å²) < 4.78 is 19.5. The molecule has 0 aromatic heterocycles. The second-order valence-corrected chi connectivity index (χ2v) is 5.00. The Morgan fingerprint density at radius 2 is 2.27 bits per heavy atom. The van der Waals surface area contributed by atoms with Crippen molar-refractivity contribution in [1.29, 1.82) is 0 Å². The van der Waals surface area contributed by atoms with Gasteiger partial charge in [-0.3, -0.25) is 4.90 Å². The van der Waals surface area contributed by atoms with E-state index >= 15 is 0 Å². The molecule has 5 heteroatoms. The molecule has 0 bridgehead atoms. The van der Waals surface area contributed by atoms with Crippen LogP contribution in [0.1, 0.15) is 11.1 Å². The molecule has 0 radical (unpaired) electrons. The van der Waals surface area contributed by atoms with Crippen molar-refractivity contribution < 1.29 is 8.76 Å². The van der Waals surface area contributed by atoms with Crippen LogP contribution >= 0.6 is 11.6 Å². The summed E-state index contributed by atoms with van der Waals surface area (Å²) in [7, 11) is 0. The van der Waals surface area contributed by atoms with Gasteiger partial charge in [-0.1, -0.05) is 17.7 Å². The van der Waals surface area contributed by atoms with Gasteiger partial charge in [-0.2, -0.15) is 0 Å². The third kappa shape index (κ3) is 2.78. The van der Waals surface area contributed by atoms with Crippen LogP contribution in [0.2, 0.25) is 5.02 Å². The number of halogens is 1. The molecule has 15 heavy (non-hydrogen) atoms. The number of hydrogen-bond acceptors (Lipinski definition) is 2. The molecular weight excluding hydrogens is 234 g/mol. The fourth-order valence-electron chi connectivity index (χ4n) is 1.85. The summed E-state index contributed by atoms with van der Waals surface area (Å²) in [6.07, 6.45) is 0.920. The molecule has 3 nitrogen and oxygen atoms in total. The highest BCUT2D eigenvalue weighted by Gasteiger charge is 2.17. The van der Waals surface area contributed by atoms with Gasteiger partial charge >= 0.3 is 0 Å². The average molecular weight is 246 g/mol. The van der Waals surface area contributed by atoms with Gasteiger partial charge in [-0.05, 0) is 29.7 Å². The quantitative estimate of drug-likeness (QED) is 0.809. The Morgan fingerprint density at radius 1 is 1.47 bits per heavy atom. The third-order valence-corrected chi connectivity index (χ3v) is 3.37. The molecule has 1 heterocycles. The molecular formula is C10H12ClNO2S. The van der Waals surface area contributed by atoms with Crippen molar-refractivity contribution in [1.82, 2.24) is 4.90 Å². The van der Waals surface area contributed by atoms with E-state index in [1.54, 1.807) is 0 Å². The Hall–Kier alpha value is -0.420. The Morgan fingerprint density at radius 3 is 3.00 bits per heavy atom. The Bertz CT molecular complexity index is 397. The van der Waals surface area contributed by atoms with Crippen molar-refractivity contribution >= 4 is 22.7 Å². The Labute approximate surface area is 96.3 Å². The molecule has 0 saturated heterocycles. The zero-order valence-electron chi connectivity index (χ0n) is 8.15. The molecule has 0 spiro atoms. The lowest BCUT2D eigenvalue weighted by Gasteiger charge is -2.27. The summed E-state index contributed by atoms with van der Waals surface area (Å²) in [4.78, 5) is 1.97. The number of hydrogen-bond donors (Lipinski definition) is 1. The van der Waals surface area contributed by atoms with Crippen molar-refractivity contribution in [3.05, 3.63) is 34.3 Å². The van der Waals surface area contributed by atoms with Crippen molar-refractivity contribution in [2.24, 2.45) is 0 Å². The molecule has 1 aliphatic rings. The van der Waals surface area contributed by atoms with Gasteiger partial charge in [0.25, 0.3) is 0 Å². The molecule has 2 rings (SSSR count). The lowest BCUT2D eigenvalue weighted by atomic mass is 10.0. The predicted molar refractivity (Wildman–Crippen MR) is 61.2 cm³/mol. The largest absolute Gasteiger partial charge is 0.305 e. The predicted octanol–water partition coefficient (Wildman–Crippen LogP) is 1.88. The van der Waals surface area contributed by atoms with Crippen LogP contribution in [-0.2, 0) is 24.0 Å². The van der Waals surface area contributed by atoms with E-state index in [2.05, 4.69) is 0 Å². The van der Waals surface area contributed by atoms with Crippen LogP contribution < -0.4 is 0 Å². The molecule has 1 N–H and O–H groups in total. The van der Waals surface area contributed by atoms with Gasteiger partial charge in [0.15, 0.2) is 11.1 Å². The van der Waals surface area contributed by atoms with E-state index in [1.165, 1.54) is 11.1 Å². The smallest absolute Gasteiger partial charge is 0.167 e. The minimum atomic E-state index is -1.75. The standard InChI is InChI=1S/C10H12ClNO2S/c11-10-2-1-8-3-4-12(7-15(13)14)6-9(8)5-10/h1-2,5H,3-4,6-7H2,(H,13,14). The molecule has 0 aliphatic carbocycles. The summed E-state index contributed by atoms with van der Waals surface area (Å²) in [5.74, 6) is 0.214. The number of rotatable bonds is 2. The highest BCUT2D eigenvalue weighted by atomic mass is 35.5. The van der Waals surface area contributed by atoms with E-state index in [-0.39, 0.29) is 5.88 Å². The monoisotopic (exact) mass is 245 g/mol. The molecule has 1 atom stereocenters. The summed E-state index contributed by atoms with van der Waals surface area (Å²) in [5.41, 5.74) is 2.46. The summed E-state index contributed by atoms with van der Waals surface area (Å²) in [5, 5.41) is 0.723. The Kier molecular flexibility index (Phi) is 3.41. The van der Waals surface area contributed by atoms with Gasteiger partial charge in [0.05, 0.1) is 0 Å². The summed E-state index contributed by atoms with van der Waals surface area (Å²) >= 11 is 4.15. The zero-order valence-corrected chi connectivity index (χ0v) is 9.72. The van der Waals surface area contributed by atoms with Gasteiger partial charge in [-0.15, -0.1) is 0 Å². The number of fused-ring (bicyclic) bond motifs is 1. The van der Waals surface area contributed by atoms with E-state index in [0.717, 1.165) is 18.0 Å². The van der Waals surface area contributed by atoms with Crippen molar-refractivity contribution in [2.45, 2.75) is 13.0 Å². The van der Waals surface area contributed by atoms with E-state index < -0.39 is 11.1 Å². The molecule has 0 amide bonds. The maximum atomic E-state index is 10.7. The van der Waals surface area contributed by atoms with Gasteiger partial charge in [0.2, 0.25) is 0 Å². The topological polar surface area (TPSA) is 40.5 Å². The molecule has 1 aliphatic heterocycles.